The molecule has 5 aromatic carbocycles. The minimum Gasteiger partial charge on any atom is -0.494 e. The normalized spacial score (nSPS) is 11.9. The van der Waals surface area contributed by atoms with Gasteiger partial charge in [-0.3, -0.25) is 14.4 Å². The van der Waals surface area contributed by atoms with Gasteiger partial charge in [0.05, 0.1) is 32.0 Å². The standard InChI is InChI=1S/C37H45NO7.C22H25NO5/c1-6-7-8-9-10-23-44-31-21-17-27(18-22-31)33(39)25-45-35(41)29-13-11-26(12-14-29)24-32(36(42)43-5)38-34(40)28-15-19-30(20-16-28)37(2,3)4;1-22(2,3)17-11-9-15(10-12-17)19(24)23-18(21(27)28-4)13-14-5-7-16(8-6-14)20(25)26/h11-22,32H,6-10,23-25H2,1-5H3,(H,38,40);5-12,18H,13H2,1-4H3,(H,23,24)(H,25,26)/t32-;18-/m00/s1. The highest BCUT2D eigenvalue weighted by Crippen LogP contribution is 2.24. The summed E-state index contributed by atoms with van der Waals surface area (Å²) in [5, 5.41) is 14.4. The van der Waals surface area contributed by atoms with E-state index in [2.05, 4.69) is 59.1 Å². The van der Waals surface area contributed by atoms with Crippen LogP contribution in [0.25, 0.3) is 0 Å². The number of Topliss-reactive ketones (excluding diaryl/α,β-unsaturated/α-hetero) is 1. The topological polar surface area (TPSA) is 201 Å². The first kappa shape index (κ1) is 58.0. The Labute approximate surface area is 429 Å². The van der Waals surface area contributed by atoms with Crippen molar-refractivity contribution in [3.8, 4) is 5.75 Å². The highest BCUT2D eigenvalue weighted by atomic mass is 16.5. The quantitative estimate of drug-likeness (QED) is 0.0257. The molecule has 5 rings (SSSR count). The molecule has 0 unspecified atom stereocenters. The van der Waals surface area contributed by atoms with Gasteiger partial charge in [0.2, 0.25) is 0 Å². The number of aromatic carboxylic acids is 1. The van der Waals surface area contributed by atoms with E-state index in [1.807, 2.05) is 24.3 Å². The molecule has 14 nitrogen and oxygen atoms in total. The lowest BCUT2D eigenvalue weighted by atomic mass is 9.86. The van der Waals surface area contributed by atoms with Gasteiger partial charge in [-0.25, -0.2) is 19.2 Å². The molecule has 2 atom stereocenters. The minimum atomic E-state index is -1.02. The molecular formula is C59H70N2O12. The lowest BCUT2D eigenvalue weighted by Crippen LogP contribution is -2.43. The summed E-state index contributed by atoms with van der Waals surface area (Å²) in [5.41, 5.74) is 5.25. The molecule has 14 heteroatoms. The van der Waals surface area contributed by atoms with Crippen LogP contribution in [0.2, 0.25) is 0 Å². The molecule has 0 spiro atoms. The molecule has 388 valence electrons. The summed E-state index contributed by atoms with van der Waals surface area (Å²) in [4.78, 5) is 86.2. The van der Waals surface area contributed by atoms with Crippen LogP contribution in [0.5, 0.6) is 5.75 Å². The Morgan fingerprint density at radius 1 is 0.507 bits per heavy atom. The number of hydrogen-bond donors (Lipinski definition) is 3. The van der Waals surface area contributed by atoms with Gasteiger partial charge in [-0.05, 0) is 112 Å². The zero-order chi connectivity index (χ0) is 53.7. The highest BCUT2D eigenvalue weighted by molar-refractivity contribution is 6.00. The number of esters is 3. The second kappa shape index (κ2) is 27.8. The van der Waals surface area contributed by atoms with Crippen molar-refractivity contribution in [2.24, 2.45) is 0 Å². The van der Waals surface area contributed by atoms with Gasteiger partial charge in [-0.15, -0.1) is 0 Å². The number of rotatable bonds is 22. The van der Waals surface area contributed by atoms with Gasteiger partial charge < -0.3 is 34.7 Å². The first-order valence-electron chi connectivity index (χ1n) is 24.5. The number of carbonyl (C=O) groups is 7. The molecule has 0 aliphatic rings. The lowest BCUT2D eigenvalue weighted by molar-refractivity contribution is -0.143. The molecule has 0 bridgehead atoms. The van der Waals surface area contributed by atoms with E-state index in [1.54, 1.807) is 84.9 Å². The molecule has 0 saturated heterocycles. The van der Waals surface area contributed by atoms with Crippen molar-refractivity contribution in [1.82, 2.24) is 10.6 Å². The Hall–Kier alpha value is -7.61. The molecular weight excluding hydrogens is 929 g/mol. The van der Waals surface area contributed by atoms with Crippen molar-refractivity contribution in [2.45, 2.75) is 116 Å². The monoisotopic (exact) mass is 998 g/mol. The Morgan fingerprint density at radius 3 is 1.30 bits per heavy atom. The number of carboxylic acids is 1. The van der Waals surface area contributed by atoms with Crippen LogP contribution in [0.15, 0.2) is 121 Å². The molecule has 0 aromatic heterocycles. The molecule has 0 fully saturated rings. The van der Waals surface area contributed by atoms with Crippen molar-refractivity contribution in [1.29, 1.82) is 0 Å². The Balaban J connectivity index is 0.000000353. The van der Waals surface area contributed by atoms with Gasteiger partial charge in [-0.2, -0.15) is 0 Å². The first-order valence-corrected chi connectivity index (χ1v) is 24.5. The number of ether oxygens (including phenoxy) is 4. The molecule has 0 heterocycles. The molecule has 0 aliphatic heterocycles. The second-order valence-electron chi connectivity index (χ2n) is 19.6. The van der Waals surface area contributed by atoms with Crippen LogP contribution in [0, 0.1) is 0 Å². The van der Waals surface area contributed by atoms with Gasteiger partial charge in [0.25, 0.3) is 11.8 Å². The molecule has 0 radical (unpaired) electrons. The maximum Gasteiger partial charge on any atom is 0.338 e. The lowest BCUT2D eigenvalue weighted by Gasteiger charge is -2.20. The summed E-state index contributed by atoms with van der Waals surface area (Å²) in [5.74, 6) is -3.22. The van der Waals surface area contributed by atoms with E-state index in [0.717, 1.165) is 24.0 Å². The average Bonchev–Trinajstić information content (AvgIpc) is 3.38. The van der Waals surface area contributed by atoms with Crippen molar-refractivity contribution in [2.75, 3.05) is 27.4 Å². The van der Waals surface area contributed by atoms with Gasteiger partial charge in [0.1, 0.15) is 17.8 Å². The van der Waals surface area contributed by atoms with E-state index >= 15 is 0 Å². The number of nitrogens with one attached hydrogen (secondary N) is 2. The molecule has 2 amide bonds. The number of amides is 2. The van der Waals surface area contributed by atoms with Crippen LogP contribution in [0.3, 0.4) is 0 Å². The van der Waals surface area contributed by atoms with Crippen LogP contribution in [-0.2, 0) is 47.5 Å². The highest BCUT2D eigenvalue weighted by Gasteiger charge is 2.25. The summed E-state index contributed by atoms with van der Waals surface area (Å²) in [7, 11) is 2.52. The van der Waals surface area contributed by atoms with E-state index in [9.17, 15) is 33.6 Å². The number of carbonyl (C=O) groups excluding carboxylic acids is 6. The zero-order valence-electron chi connectivity index (χ0n) is 43.5. The van der Waals surface area contributed by atoms with Crippen LogP contribution in [-0.4, -0.2) is 86.1 Å². The molecule has 0 saturated carbocycles. The van der Waals surface area contributed by atoms with Crippen molar-refractivity contribution in [3.05, 3.63) is 171 Å². The predicted octanol–water partition coefficient (Wildman–Crippen LogP) is 10.1. The molecule has 73 heavy (non-hydrogen) atoms. The Bertz CT molecular complexity index is 2610. The maximum absolute atomic E-state index is 12.9. The van der Waals surface area contributed by atoms with Crippen LogP contribution in [0.4, 0.5) is 0 Å². The van der Waals surface area contributed by atoms with Crippen LogP contribution in [0.1, 0.15) is 155 Å². The summed E-state index contributed by atoms with van der Waals surface area (Å²) in [6, 6.07) is 32.1. The predicted molar refractivity (Wildman–Crippen MR) is 279 cm³/mol. The fraction of sp³-hybridized carbons (Fsp3) is 0.373. The molecule has 5 aromatic rings. The third-order valence-corrected chi connectivity index (χ3v) is 11.9. The third-order valence-electron chi connectivity index (χ3n) is 11.9. The zero-order valence-corrected chi connectivity index (χ0v) is 43.5. The van der Waals surface area contributed by atoms with Crippen molar-refractivity contribution >= 4 is 41.5 Å². The Kier molecular flexibility index (Phi) is 22.1. The summed E-state index contributed by atoms with van der Waals surface area (Å²) < 4.78 is 20.7. The summed E-state index contributed by atoms with van der Waals surface area (Å²) in [6.45, 7) is 15.0. The number of benzene rings is 5. The minimum absolute atomic E-state index is 0.0222. The fourth-order valence-electron chi connectivity index (χ4n) is 7.36. The van der Waals surface area contributed by atoms with Gasteiger partial charge >= 0.3 is 23.9 Å². The number of ketones is 1. The summed E-state index contributed by atoms with van der Waals surface area (Å²) >= 11 is 0. The number of hydrogen-bond acceptors (Lipinski definition) is 11. The van der Waals surface area contributed by atoms with E-state index in [4.69, 9.17) is 24.1 Å². The van der Waals surface area contributed by atoms with Crippen molar-refractivity contribution < 1.29 is 57.6 Å². The first-order chi connectivity index (χ1) is 34.6. The third kappa shape index (κ3) is 18.8. The average molecular weight is 999 g/mol. The van der Waals surface area contributed by atoms with E-state index < -0.39 is 48.5 Å². The van der Waals surface area contributed by atoms with E-state index in [0.29, 0.717) is 40.2 Å². The fourth-order valence-corrected chi connectivity index (χ4v) is 7.36. The van der Waals surface area contributed by atoms with E-state index in [1.165, 1.54) is 45.6 Å². The van der Waals surface area contributed by atoms with Crippen LogP contribution >= 0.6 is 0 Å². The number of carboxylic acid groups (broad SMARTS) is 1. The van der Waals surface area contributed by atoms with Gasteiger partial charge in [-0.1, -0.05) is 123 Å². The Morgan fingerprint density at radius 2 is 0.904 bits per heavy atom. The number of unbranched alkanes of at least 4 members (excludes halogenated alkanes) is 4. The van der Waals surface area contributed by atoms with Crippen molar-refractivity contribution in [3.63, 3.8) is 0 Å². The summed E-state index contributed by atoms with van der Waals surface area (Å²) in [6.07, 6.45) is 6.13. The largest absolute Gasteiger partial charge is 0.494 e. The van der Waals surface area contributed by atoms with E-state index in [-0.39, 0.29) is 46.5 Å². The van der Waals surface area contributed by atoms with Gasteiger partial charge in [0.15, 0.2) is 12.4 Å². The van der Waals surface area contributed by atoms with Gasteiger partial charge in [0, 0.05) is 29.5 Å². The maximum atomic E-state index is 12.9. The smallest absolute Gasteiger partial charge is 0.338 e. The number of methoxy groups -OCH3 is 2. The molecule has 0 aliphatic carbocycles. The van der Waals surface area contributed by atoms with Crippen LogP contribution < -0.4 is 15.4 Å². The second-order valence-corrected chi connectivity index (χ2v) is 19.6. The molecule has 3 N–H and O–H groups in total. The SMILES string of the molecule is CCCCCCCOc1ccc(C(=O)COC(=O)c2ccc(C[C@H](NC(=O)c3ccc(C(C)(C)C)cc3)C(=O)OC)cc2)cc1.COC(=O)[C@H](Cc1ccc(C(=O)O)cc1)NC(=O)c1ccc(C(C)(C)C)cc1.